The molecule has 1 fully saturated rings. The Morgan fingerprint density at radius 2 is 1.88 bits per heavy atom. The molecule has 140 valence electrons. The number of unbranched alkanes of at least 4 members (excludes halogenated alkanes) is 4. The van der Waals surface area contributed by atoms with E-state index in [0.717, 1.165) is 25.7 Å². The van der Waals surface area contributed by atoms with Gasteiger partial charge in [0, 0.05) is 12.8 Å². The maximum absolute atomic E-state index is 10.4. The highest BCUT2D eigenvalue weighted by Gasteiger charge is 2.36. The van der Waals surface area contributed by atoms with Crippen molar-refractivity contribution in [3.05, 3.63) is 12.2 Å². The van der Waals surface area contributed by atoms with E-state index in [-0.39, 0.29) is 12.5 Å². The number of rotatable bonds is 12. The summed E-state index contributed by atoms with van der Waals surface area (Å²) in [6, 6.07) is 0. The number of carboxylic acids is 1. The molecule has 0 aromatic rings. The van der Waals surface area contributed by atoms with Crippen molar-refractivity contribution in [1.29, 1.82) is 0 Å². The fraction of sp³-hybridized carbons (Fsp3) is 0.833. The third-order valence-corrected chi connectivity index (χ3v) is 4.45. The van der Waals surface area contributed by atoms with Crippen molar-refractivity contribution < 1.29 is 30.0 Å². The van der Waals surface area contributed by atoms with Gasteiger partial charge in [0.1, 0.15) is 6.10 Å². The van der Waals surface area contributed by atoms with E-state index in [1.54, 1.807) is 12.2 Å². The molecule has 24 heavy (non-hydrogen) atoms. The van der Waals surface area contributed by atoms with E-state index in [2.05, 4.69) is 0 Å². The minimum Gasteiger partial charge on any atom is -0.481 e. The van der Waals surface area contributed by atoms with Crippen LogP contribution in [0, 0.1) is 0 Å². The van der Waals surface area contributed by atoms with E-state index >= 15 is 0 Å². The molecular formula is C18H32O6. The maximum atomic E-state index is 10.4. The molecule has 5 atom stereocenters. The molecule has 4 N–H and O–H groups in total. The Hall–Kier alpha value is -0.950. The van der Waals surface area contributed by atoms with Gasteiger partial charge in [0.15, 0.2) is 0 Å². The van der Waals surface area contributed by atoms with Gasteiger partial charge in [0.25, 0.3) is 0 Å². The van der Waals surface area contributed by atoms with Gasteiger partial charge in [-0.2, -0.15) is 0 Å². The zero-order chi connectivity index (χ0) is 17.9. The molecule has 0 bridgehead atoms. The van der Waals surface area contributed by atoms with Gasteiger partial charge in [0.05, 0.1) is 24.4 Å². The minimum atomic E-state index is -0.752. The molecule has 0 aromatic carbocycles. The average molecular weight is 344 g/mol. The molecule has 1 aliphatic heterocycles. The molecule has 0 amide bonds. The number of aliphatic carboxylic acids is 1. The van der Waals surface area contributed by atoms with Crippen molar-refractivity contribution in [2.45, 2.75) is 95.2 Å². The average Bonchev–Trinajstić information content (AvgIpc) is 2.92. The first-order valence-electron chi connectivity index (χ1n) is 9.03. The lowest BCUT2D eigenvalue weighted by Crippen LogP contribution is -2.26. The Labute approximate surface area is 144 Å². The molecule has 1 saturated heterocycles. The lowest BCUT2D eigenvalue weighted by Gasteiger charge is -2.18. The van der Waals surface area contributed by atoms with Gasteiger partial charge in [-0.25, -0.2) is 0 Å². The number of carboxylic acid groups (broad SMARTS) is 1. The van der Waals surface area contributed by atoms with Crippen molar-refractivity contribution >= 4 is 5.97 Å². The van der Waals surface area contributed by atoms with Crippen molar-refractivity contribution in [1.82, 2.24) is 0 Å². The van der Waals surface area contributed by atoms with Gasteiger partial charge >= 0.3 is 5.97 Å². The summed E-state index contributed by atoms with van der Waals surface area (Å²) in [6.07, 6.45) is 6.89. The van der Waals surface area contributed by atoms with Crippen LogP contribution >= 0.6 is 0 Å². The summed E-state index contributed by atoms with van der Waals surface area (Å²) >= 11 is 0. The maximum Gasteiger partial charge on any atom is 0.303 e. The van der Waals surface area contributed by atoms with Gasteiger partial charge in [0.2, 0.25) is 0 Å². The predicted octanol–water partition coefficient (Wildman–Crippen LogP) is 2.01. The van der Waals surface area contributed by atoms with E-state index in [9.17, 15) is 20.1 Å². The first-order valence-corrected chi connectivity index (χ1v) is 9.03. The summed E-state index contributed by atoms with van der Waals surface area (Å²) in [4.78, 5) is 10.4. The molecule has 1 aliphatic rings. The molecule has 6 heteroatoms. The molecule has 0 aliphatic carbocycles. The summed E-state index contributed by atoms with van der Waals surface area (Å²) in [7, 11) is 0. The lowest BCUT2D eigenvalue weighted by molar-refractivity contribution is -0.137. The second-order valence-corrected chi connectivity index (χ2v) is 6.57. The summed E-state index contributed by atoms with van der Waals surface area (Å²) in [5, 5.41) is 38.2. The topological polar surface area (TPSA) is 107 Å². The second kappa shape index (κ2) is 11.6. The van der Waals surface area contributed by atoms with Crippen molar-refractivity contribution in [2.24, 2.45) is 0 Å². The van der Waals surface area contributed by atoms with Crippen LogP contribution in [-0.4, -0.2) is 56.9 Å². The van der Waals surface area contributed by atoms with Gasteiger partial charge < -0.3 is 25.2 Å². The van der Waals surface area contributed by atoms with Crippen LogP contribution in [0.25, 0.3) is 0 Å². The van der Waals surface area contributed by atoms with Crippen molar-refractivity contribution in [3.63, 3.8) is 0 Å². The predicted molar refractivity (Wildman–Crippen MR) is 90.7 cm³/mol. The first-order chi connectivity index (χ1) is 11.4. The molecule has 0 saturated carbocycles. The van der Waals surface area contributed by atoms with Gasteiger partial charge in [-0.1, -0.05) is 44.8 Å². The van der Waals surface area contributed by atoms with Crippen LogP contribution in [0.2, 0.25) is 0 Å². The fourth-order valence-corrected chi connectivity index (χ4v) is 2.86. The SMILES string of the molecule is CC[C@@H](O)/C=C/[C@H]1O[C@@H]([C@H](O)CCCCCCCC(=O)O)C[C@@H]1O. The molecule has 0 spiro atoms. The second-order valence-electron chi connectivity index (χ2n) is 6.57. The zero-order valence-electron chi connectivity index (χ0n) is 14.5. The van der Waals surface area contributed by atoms with Crippen LogP contribution in [0.1, 0.15) is 64.7 Å². The zero-order valence-corrected chi connectivity index (χ0v) is 14.5. The van der Waals surface area contributed by atoms with Crippen LogP contribution in [0.4, 0.5) is 0 Å². The van der Waals surface area contributed by atoms with Crippen LogP contribution in [0.15, 0.2) is 12.2 Å². The van der Waals surface area contributed by atoms with Crippen LogP contribution < -0.4 is 0 Å². The molecule has 6 nitrogen and oxygen atoms in total. The van der Waals surface area contributed by atoms with E-state index < -0.39 is 30.4 Å². The third-order valence-electron chi connectivity index (χ3n) is 4.45. The number of aliphatic hydroxyl groups excluding tert-OH is 3. The first kappa shape index (κ1) is 21.1. The normalized spacial score (nSPS) is 26.8. The summed E-state index contributed by atoms with van der Waals surface area (Å²) in [5.74, 6) is -0.752. The van der Waals surface area contributed by atoms with Gasteiger partial charge in [-0.05, 0) is 19.3 Å². The number of aliphatic hydroxyl groups is 3. The summed E-state index contributed by atoms with van der Waals surface area (Å²) < 4.78 is 5.69. The lowest BCUT2D eigenvalue weighted by atomic mass is 10.0. The number of hydrogen-bond acceptors (Lipinski definition) is 5. The highest BCUT2D eigenvalue weighted by atomic mass is 16.5. The number of hydrogen-bond donors (Lipinski definition) is 4. The van der Waals surface area contributed by atoms with E-state index in [1.807, 2.05) is 6.92 Å². The van der Waals surface area contributed by atoms with Crippen LogP contribution in [-0.2, 0) is 9.53 Å². The Bertz CT molecular complexity index is 384. The van der Waals surface area contributed by atoms with Gasteiger partial charge in [-0.15, -0.1) is 0 Å². The van der Waals surface area contributed by atoms with E-state index in [4.69, 9.17) is 9.84 Å². The van der Waals surface area contributed by atoms with Crippen LogP contribution in [0.3, 0.4) is 0 Å². The molecular weight excluding hydrogens is 312 g/mol. The van der Waals surface area contributed by atoms with Crippen molar-refractivity contribution in [2.75, 3.05) is 0 Å². The molecule has 1 rings (SSSR count). The fourth-order valence-electron chi connectivity index (χ4n) is 2.86. The van der Waals surface area contributed by atoms with Gasteiger partial charge in [-0.3, -0.25) is 4.79 Å². The highest BCUT2D eigenvalue weighted by Crippen LogP contribution is 2.26. The highest BCUT2D eigenvalue weighted by molar-refractivity contribution is 5.66. The molecule has 0 aromatic heterocycles. The largest absolute Gasteiger partial charge is 0.481 e. The Balaban J connectivity index is 2.18. The Morgan fingerprint density at radius 3 is 2.54 bits per heavy atom. The molecule has 0 unspecified atom stereocenters. The number of carbonyl (C=O) groups is 1. The smallest absolute Gasteiger partial charge is 0.303 e. The Morgan fingerprint density at radius 1 is 1.21 bits per heavy atom. The van der Waals surface area contributed by atoms with E-state index in [0.29, 0.717) is 25.7 Å². The summed E-state index contributed by atoms with van der Waals surface area (Å²) in [5.41, 5.74) is 0. The minimum absolute atomic E-state index is 0.220. The monoisotopic (exact) mass is 344 g/mol. The molecule has 1 heterocycles. The standard InChI is InChI=1S/C18H32O6/c1-2-13(19)10-11-16-15(21)12-17(24-16)14(20)8-6-4-3-5-7-9-18(22)23/h10-11,13-17,19-21H,2-9,12H2,1H3,(H,22,23)/b11-10+/t13-,14-,15+,16-,17-/m1/s1. The van der Waals surface area contributed by atoms with E-state index in [1.165, 1.54) is 0 Å². The number of ether oxygens (including phenoxy) is 1. The quantitative estimate of drug-likeness (QED) is 0.319. The van der Waals surface area contributed by atoms with Crippen molar-refractivity contribution in [3.8, 4) is 0 Å². The summed E-state index contributed by atoms with van der Waals surface area (Å²) in [6.45, 7) is 1.87. The Kier molecular flexibility index (Phi) is 10.2. The molecule has 0 radical (unpaired) electrons. The van der Waals surface area contributed by atoms with Crippen LogP contribution in [0.5, 0.6) is 0 Å². The third kappa shape index (κ3) is 8.24.